The molecule has 0 spiro atoms. The Morgan fingerprint density at radius 1 is 0.759 bits per heavy atom. The van der Waals surface area contributed by atoms with Crippen molar-refractivity contribution >= 4 is 11.9 Å². The molecule has 0 aliphatic heterocycles. The van der Waals surface area contributed by atoms with Gasteiger partial charge in [0.15, 0.2) is 0 Å². The highest BCUT2D eigenvalue weighted by atomic mass is 16.5. The van der Waals surface area contributed by atoms with Crippen LogP contribution in [-0.4, -0.2) is 51.4 Å². The first-order valence-corrected chi connectivity index (χ1v) is 22.1. The number of unbranched alkanes of at least 4 members (excludes halogenated alkanes) is 2. The van der Waals surface area contributed by atoms with Gasteiger partial charge in [0.25, 0.3) is 0 Å². The van der Waals surface area contributed by atoms with Crippen LogP contribution in [0.4, 0.5) is 0 Å². The molecule has 1 saturated carbocycles. The zero-order valence-corrected chi connectivity index (χ0v) is 36.3. The highest BCUT2D eigenvalue weighted by molar-refractivity contribution is 5.86. The molecule has 3 aromatic carbocycles. The van der Waals surface area contributed by atoms with Crippen molar-refractivity contribution in [3.8, 4) is 28.0 Å². The third-order valence-electron chi connectivity index (χ3n) is 12.1. The molecule has 0 saturated heterocycles. The van der Waals surface area contributed by atoms with Crippen molar-refractivity contribution in [3.63, 3.8) is 0 Å². The first-order chi connectivity index (χ1) is 28.0. The van der Waals surface area contributed by atoms with Crippen LogP contribution >= 0.6 is 0 Å². The Balaban J connectivity index is 1.65. The van der Waals surface area contributed by atoms with Gasteiger partial charge in [0.05, 0.1) is 25.7 Å². The number of carbonyl (C=O) groups is 2. The molecule has 0 atom stereocenters. The van der Waals surface area contributed by atoms with Crippen LogP contribution < -0.4 is 21.9 Å². The van der Waals surface area contributed by atoms with Crippen LogP contribution in [0.25, 0.3) is 22.3 Å². The van der Waals surface area contributed by atoms with Crippen LogP contribution in [0.5, 0.6) is 5.75 Å². The summed E-state index contributed by atoms with van der Waals surface area (Å²) in [4.78, 5) is 24.5. The molecule has 58 heavy (non-hydrogen) atoms. The Kier molecular flexibility index (Phi) is 19.0. The molecule has 0 heterocycles. The van der Waals surface area contributed by atoms with Crippen LogP contribution in [0.1, 0.15) is 127 Å². The zero-order valence-electron chi connectivity index (χ0n) is 36.3. The molecular weight excluding hydrogens is 723 g/mol. The maximum atomic E-state index is 12.3. The highest BCUT2D eigenvalue weighted by Gasteiger charge is 2.28. The maximum absolute atomic E-state index is 12.3. The summed E-state index contributed by atoms with van der Waals surface area (Å²) in [5, 5.41) is 0. The van der Waals surface area contributed by atoms with E-state index in [0.29, 0.717) is 63.4 Å². The summed E-state index contributed by atoms with van der Waals surface area (Å²) < 4.78 is 17.7. The van der Waals surface area contributed by atoms with Gasteiger partial charge < -0.3 is 31.4 Å². The van der Waals surface area contributed by atoms with Crippen molar-refractivity contribution in [1.29, 1.82) is 0 Å². The van der Waals surface area contributed by atoms with E-state index in [2.05, 4.69) is 75.0 Å². The number of rotatable bonds is 24. The normalized spacial score (nSPS) is 15.7. The highest BCUT2D eigenvalue weighted by Crippen LogP contribution is 2.40. The van der Waals surface area contributed by atoms with E-state index in [9.17, 15) is 9.59 Å². The molecule has 6 N–H and O–H groups in total. The fraction of sp³-hybridized carbons (Fsp3) is 0.560. The van der Waals surface area contributed by atoms with Crippen LogP contribution in [0, 0.1) is 17.3 Å². The second kappa shape index (κ2) is 23.6. The van der Waals surface area contributed by atoms with Crippen molar-refractivity contribution in [2.75, 3.05) is 39.5 Å². The van der Waals surface area contributed by atoms with Gasteiger partial charge in [0.1, 0.15) is 5.75 Å². The van der Waals surface area contributed by atoms with Crippen LogP contribution in [0.2, 0.25) is 0 Å². The molecule has 3 aromatic rings. The lowest BCUT2D eigenvalue weighted by molar-refractivity contribution is -0.147. The van der Waals surface area contributed by atoms with Gasteiger partial charge in [-0.1, -0.05) is 102 Å². The van der Waals surface area contributed by atoms with Crippen molar-refractivity contribution in [1.82, 2.24) is 0 Å². The van der Waals surface area contributed by atoms with E-state index < -0.39 is 11.4 Å². The quantitative estimate of drug-likeness (QED) is 0.0463. The van der Waals surface area contributed by atoms with Crippen LogP contribution in [0.15, 0.2) is 66.7 Å². The van der Waals surface area contributed by atoms with Crippen molar-refractivity contribution in [3.05, 3.63) is 89.0 Å². The number of hydrogen-bond donors (Lipinski definition) is 3. The van der Waals surface area contributed by atoms with E-state index in [0.717, 1.165) is 40.3 Å². The maximum Gasteiger partial charge on any atom is 0.333 e. The van der Waals surface area contributed by atoms with E-state index in [1.807, 2.05) is 13.8 Å². The van der Waals surface area contributed by atoms with Gasteiger partial charge in [-0.2, -0.15) is 0 Å². The molecule has 8 nitrogen and oxygen atoms in total. The van der Waals surface area contributed by atoms with E-state index in [1.54, 1.807) is 6.92 Å². The molecule has 0 amide bonds. The molecule has 1 aliphatic rings. The fourth-order valence-electron chi connectivity index (χ4n) is 8.03. The summed E-state index contributed by atoms with van der Waals surface area (Å²) in [7, 11) is 0. The summed E-state index contributed by atoms with van der Waals surface area (Å²) in [5.41, 5.74) is 27.7. The van der Waals surface area contributed by atoms with E-state index in [1.165, 1.54) is 73.6 Å². The molecule has 4 rings (SSSR count). The molecular formula is C50H73N3O5. The van der Waals surface area contributed by atoms with Gasteiger partial charge in [-0.15, -0.1) is 0 Å². The number of carbonyl (C=O) groups excluding carboxylic acids is 2. The van der Waals surface area contributed by atoms with Gasteiger partial charge in [0, 0.05) is 30.6 Å². The number of esters is 2. The summed E-state index contributed by atoms with van der Waals surface area (Å²) in [5.74, 6) is 1.53. The average molecular weight is 796 g/mol. The molecule has 8 heteroatoms. The molecule has 0 aromatic heterocycles. The summed E-state index contributed by atoms with van der Waals surface area (Å²) in [6.07, 6.45) is 14.1. The molecule has 0 radical (unpaired) electrons. The second-order valence-electron chi connectivity index (χ2n) is 17.0. The monoisotopic (exact) mass is 796 g/mol. The van der Waals surface area contributed by atoms with E-state index in [-0.39, 0.29) is 25.1 Å². The largest absolute Gasteiger partial charge is 0.492 e. The number of nitrogens with two attached hydrogens (primary N) is 3. The minimum Gasteiger partial charge on any atom is -0.492 e. The van der Waals surface area contributed by atoms with Crippen molar-refractivity contribution in [2.45, 2.75) is 124 Å². The number of aryl methyl sites for hydroxylation is 3. The Morgan fingerprint density at radius 2 is 1.34 bits per heavy atom. The minimum atomic E-state index is -0.576. The Bertz CT molecular complexity index is 1750. The van der Waals surface area contributed by atoms with Crippen molar-refractivity contribution in [2.24, 2.45) is 34.5 Å². The van der Waals surface area contributed by atoms with Gasteiger partial charge in [0.2, 0.25) is 0 Å². The van der Waals surface area contributed by atoms with Gasteiger partial charge >= 0.3 is 11.9 Å². The smallest absolute Gasteiger partial charge is 0.333 e. The fourth-order valence-corrected chi connectivity index (χ4v) is 8.03. The standard InChI is InChI=1S/C50H73N3O5/c1-7-9-10-13-37-16-18-39(19-17-37)40-20-22-41(23-21-40)42-24-25-46(38(8-2)28-42)45-29-43(14-11-26-56-48(54)35(3)4)47(58-34-50(31-51,32-52)33-53)44(30-45)15-12-27-57-49(55)36(5)6/h20-25,28-30,36-37,39H,3,7-19,26-27,31-34,51-53H2,1-2,4-6H3. The van der Waals surface area contributed by atoms with Crippen molar-refractivity contribution < 1.29 is 23.8 Å². The third-order valence-corrected chi connectivity index (χ3v) is 12.1. The predicted octanol–water partition coefficient (Wildman–Crippen LogP) is 9.86. The summed E-state index contributed by atoms with van der Waals surface area (Å²) >= 11 is 0. The molecule has 1 fully saturated rings. The van der Waals surface area contributed by atoms with E-state index >= 15 is 0 Å². The summed E-state index contributed by atoms with van der Waals surface area (Å²) in [6, 6.07) is 20.5. The minimum absolute atomic E-state index is 0.192. The average Bonchev–Trinajstić information content (AvgIpc) is 3.24. The first-order valence-electron chi connectivity index (χ1n) is 22.1. The first kappa shape index (κ1) is 46.7. The van der Waals surface area contributed by atoms with Gasteiger partial charge in [-0.25, -0.2) is 4.79 Å². The Hall–Kier alpha value is -3.98. The number of ether oxygens (including phenoxy) is 3. The lowest BCUT2D eigenvalue weighted by Crippen LogP contribution is -2.48. The topological polar surface area (TPSA) is 140 Å². The van der Waals surface area contributed by atoms with Gasteiger partial charge in [-0.05, 0) is 133 Å². The molecule has 0 unspecified atom stereocenters. The zero-order chi connectivity index (χ0) is 42.1. The lowest BCUT2D eigenvalue weighted by Gasteiger charge is -2.30. The Labute approximate surface area is 349 Å². The molecule has 1 aliphatic carbocycles. The number of hydrogen-bond acceptors (Lipinski definition) is 8. The van der Waals surface area contributed by atoms with Crippen LogP contribution in [-0.2, 0) is 38.3 Å². The number of benzene rings is 3. The van der Waals surface area contributed by atoms with Gasteiger partial charge in [-0.3, -0.25) is 4.79 Å². The third kappa shape index (κ3) is 13.3. The SMILES string of the molecule is C=C(C)C(=O)OCCCc1cc(-c2ccc(-c3ccc(C4CCC(CCCCC)CC4)cc3)cc2CC)cc(CCCOC(=O)C(C)C)c1OCC(CN)(CN)CN. The van der Waals surface area contributed by atoms with Crippen LogP contribution in [0.3, 0.4) is 0 Å². The lowest BCUT2D eigenvalue weighted by atomic mass is 9.77. The molecule has 318 valence electrons. The summed E-state index contributed by atoms with van der Waals surface area (Å²) in [6.45, 7) is 15.2. The molecule has 0 bridgehead atoms. The Morgan fingerprint density at radius 3 is 1.90 bits per heavy atom. The predicted molar refractivity (Wildman–Crippen MR) is 239 cm³/mol. The van der Waals surface area contributed by atoms with E-state index in [4.69, 9.17) is 31.4 Å². The second-order valence-corrected chi connectivity index (χ2v) is 17.0.